The summed E-state index contributed by atoms with van der Waals surface area (Å²) < 4.78 is 12.4. The van der Waals surface area contributed by atoms with Crippen molar-refractivity contribution in [3.05, 3.63) is 21.9 Å². The molecule has 0 radical (unpaired) electrons. The van der Waals surface area contributed by atoms with Gasteiger partial charge in [-0.05, 0) is 69.1 Å². The molecule has 2 saturated heterocycles. The zero-order valence-corrected chi connectivity index (χ0v) is 19.0. The SMILES string of the molecule is C[C@H]1CC2(CCN1C(=O)OC(C)(C)C)OCC1(SCCCS1)c1ccsc12. The molecular formula is C20H29NO3S3. The number of thiophene rings is 1. The number of likely N-dealkylation sites (tertiary alicyclic amines) is 1. The molecule has 4 rings (SSSR count). The van der Waals surface area contributed by atoms with Crippen molar-refractivity contribution in [3.8, 4) is 0 Å². The molecule has 7 heteroatoms. The van der Waals surface area contributed by atoms with Gasteiger partial charge in [0.2, 0.25) is 0 Å². The Morgan fingerprint density at radius 2 is 2.07 bits per heavy atom. The van der Waals surface area contributed by atoms with Crippen molar-refractivity contribution in [2.24, 2.45) is 0 Å². The van der Waals surface area contributed by atoms with Gasteiger partial charge in [0.1, 0.15) is 15.3 Å². The van der Waals surface area contributed by atoms with Crippen molar-refractivity contribution in [1.29, 1.82) is 0 Å². The van der Waals surface area contributed by atoms with E-state index in [-0.39, 0.29) is 21.8 Å². The summed E-state index contributed by atoms with van der Waals surface area (Å²) in [5.74, 6) is 2.42. The molecule has 4 heterocycles. The van der Waals surface area contributed by atoms with Crippen molar-refractivity contribution < 1.29 is 14.3 Å². The number of carbonyl (C=O) groups is 1. The molecule has 1 amide bonds. The van der Waals surface area contributed by atoms with Crippen LogP contribution in [0.5, 0.6) is 0 Å². The Kier molecular flexibility index (Phi) is 5.28. The van der Waals surface area contributed by atoms with E-state index in [0.29, 0.717) is 6.54 Å². The average molecular weight is 428 g/mol. The van der Waals surface area contributed by atoms with Gasteiger partial charge in [0.05, 0.1) is 6.61 Å². The lowest BCUT2D eigenvalue weighted by atomic mass is 9.82. The molecule has 3 aliphatic heterocycles. The predicted molar refractivity (Wildman–Crippen MR) is 115 cm³/mol. The van der Waals surface area contributed by atoms with Crippen LogP contribution in [0.3, 0.4) is 0 Å². The summed E-state index contributed by atoms with van der Waals surface area (Å²) in [4.78, 5) is 15.9. The largest absolute Gasteiger partial charge is 0.444 e. The number of nitrogens with zero attached hydrogens (tertiary/aromatic N) is 1. The molecule has 3 aliphatic rings. The van der Waals surface area contributed by atoms with Crippen LogP contribution in [-0.2, 0) is 19.2 Å². The van der Waals surface area contributed by atoms with Gasteiger partial charge in [-0.2, -0.15) is 0 Å². The lowest BCUT2D eigenvalue weighted by molar-refractivity contribution is -0.111. The second-order valence-electron chi connectivity index (χ2n) is 8.73. The lowest BCUT2D eigenvalue weighted by Gasteiger charge is -2.51. The molecular weight excluding hydrogens is 398 g/mol. The maximum Gasteiger partial charge on any atom is 0.410 e. The molecule has 2 fully saturated rings. The van der Waals surface area contributed by atoms with E-state index in [4.69, 9.17) is 9.47 Å². The fourth-order valence-corrected chi connectivity index (χ4v) is 8.78. The second kappa shape index (κ2) is 7.15. The van der Waals surface area contributed by atoms with Crippen LogP contribution in [0.2, 0.25) is 0 Å². The smallest absolute Gasteiger partial charge is 0.410 e. The van der Waals surface area contributed by atoms with Crippen LogP contribution in [0.15, 0.2) is 11.4 Å². The van der Waals surface area contributed by atoms with E-state index < -0.39 is 5.60 Å². The van der Waals surface area contributed by atoms with Gasteiger partial charge < -0.3 is 14.4 Å². The summed E-state index contributed by atoms with van der Waals surface area (Å²) in [5.41, 5.74) is 0.771. The van der Waals surface area contributed by atoms with Gasteiger partial charge in [-0.1, -0.05) is 0 Å². The van der Waals surface area contributed by atoms with E-state index in [2.05, 4.69) is 41.9 Å². The van der Waals surface area contributed by atoms with E-state index in [1.807, 2.05) is 37.0 Å². The first-order valence-electron chi connectivity index (χ1n) is 9.75. The molecule has 2 atom stereocenters. The molecule has 27 heavy (non-hydrogen) atoms. The summed E-state index contributed by atoms with van der Waals surface area (Å²) >= 11 is 5.94. The molecule has 0 bridgehead atoms. The Morgan fingerprint density at radius 3 is 2.74 bits per heavy atom. The fraction of sp³-hybridized carbons (Fsp3) is 0.750. The summed E-state index contributed by atoms with van der Waals surface area (Å²) in [6, 6.07) is 2.42. The normalized spacial score (nSPS) is 30.4. The maximum atomic E-state index is 12.6. The zero-order chi connectivity index (χ0) is 19.3. The zero-order valence-electron chi connectivity index (χ0n) is 16.6. The number of hydrogen-bond donors (Lipinski definition) is 0. The third kappa shape index (κ3) is 3.65. The summed E-state index contributed by atoms with van der Waals surface area (Å²) in [6.07, 6.45) is 2.76. The number of thioether (sulfide) groups is 2. The monoisotopic (exact) mass is 427 g/mol. The number of hydrogen-bond acceptors (Lipinski definition) is 6. The van der Waals surface area contributed by atoms with Crippen LogP contribution < -0.4 is 0 Å². The van der Waals surface area contributed by atoms with Crippen LogP contribution in [0.1, 0.15) is 57.4 Å². The Balaban J connectivity index is 1.55. The van der Waals surface area contributed by atoms with E-state index in [0.717, 1.165) is 19.4 Å². The molecule has 1 unspecified atom stereocenters. The molecule has 0 aromatic carbocycles. The number of ether oxygens (including phenoxy) is 2. The van der Waals surface area contributed by atoms with Crippen LogP contribution in [0, 0.1) is 0 Å². The summed E-state index contributed by atoms with van der Waals surface area (Å²) in [6.45, 7) is 9.33. The number of carbonyl (C=O) groups excluding carboxylic acids is 1. The number of fused-ring (bicyclic) bond motifs is 3. The standard InChI is InChI=1S/C20H29NO3S3/c1-14-12-19(7-8-21(14)17(22)24-18(2,3)4)16-15(6-11-25-16)20(13-23-19)26-9-5-10-27-20/h6,11,14H,5,7-10,12-13H2,1-4H3/t14-,19?/m0/s1. The van der Waals surface area contributed by atoms with Gasteiger partial charge in [-0.15, -0.1) is 34.9 Å². The average Bonchev–Trinajstić information content (AvgIpc) is 3.10. The van der Waals surface area contributed by atoms with Gasteiger partial charge in [0.25, 0.3) is 0 Å². The van der Waals surface area contributed by atoms with Crippen molar-refractivity contribution in [2.75, 3.05) is 24.7 Å². The Labute approximate surface area is 174 Å². The Morgan fingerprint density at radius 1 is 1.33 bits per heavy atom. The summed E-state index contributed by atoms with van der Waals surface area (Å²) in [5, 5.41) is 2.23. The van der Waals surface area contributed by atoms with Gasteiger partial charge in [0.15, 0.2) is 0 Å². The first-order chi connectivity index (χ1) is 12.7. The molecule has 1 aromatic rings. The van der Waals surface area contributed by atoms with Gasteiger partial charge in [-0.3, -0.25) is 0 Å². The number of amides is 1. The van der Waals surface area contributed by atoms with Crippen LogP contribution in [-0.4, -0.2) is 47.3 Å². The third-order valence-corrected chi connectivity index (χ3v) is 9.93. The molecule has 0 N–H and O–H groups in total. The minimum atomic E-state index is -0.462. The van der Waals surface area contributed by atoms with E-state index in [9.17, 15) is 4.79 Å². The van der Waals surface area contributed by atoms with Crippen LogP contribution in [0.4, 0.5) is 4.79 Å². The molecule has 0 saturated carbocycles. The highest BCUT2D eigenvalue weighted by molar-refractivity contribution is 8.18. The van der Waals surface area contributed by atoms with Gasteiger partial charge in [0, 0.05) is 23.9 Å². The van der Waals surface area contributed by atoms with Crippen molar-refractivity contribution in [2.45, 2.75) is 68.3 Å². The third-order valence-electron chi connectivity index (χ3n) is 5.53. The molecule has 2 spiro atoms. The maximum absolute atomic E-state index is 12.6. The second-order valence-corrected chi connectivity index (χ2v) is 12.7. The highest BCUT2D eigenvalue weighted by atomic mass is 32.2. The topological polar surface area (TPSA) is 38.8 Å². The fourth-order valence-electron chi connectivity index (χ4n) is 4.29. The number of rotatable bonds is 0. The van der Waals surface area contributed by atoms with Crippen LogP contribution >= 0.6 is 34.9 Å². The molecule has 150 valence electrons. The first-order valence-corrected chi connectivity index (χ1v) is 12.6. The van der Waals surface area contributed by atoms with Gasteiger partial charge >= 0.3 is 6.09 Å². The van der Waals surface area contributed by atoms with Crippen molar-refractivity contribution in [1.82, 2.24) is 4.90 Å². The minimum Gasteiger partial charge on any atom is -0.444 e. The minimum absolute atomic E-state index is 0.0738. The van der Waals surface area contributed by atoms with Gasteiger partial charge in [-0.25, -0.2) is 4.79 Å². The summed E-state index contributed by atoms with van der Waals surface area (Å²) in [7, 11) is 0. The van der Waals surface area contributed by atoms with E-state index in [1.165, 1.54) is 28.4 Å². The first kappa shape index (κ1) is 19.9. The highest BCUT2D eigenvalue weighted by Gasteiger charge is 2.53. The van der Waals surface area contributed by atoms with Crippen LogP contribution in [0.25, 0.3) is 0 Å². The highest BCUT2D eigenvalue weighted by Crippen LogP contribution is 2.59. The molecule has 4 nitrogen and oxygen atoms in total. The predicted octanol–water partition coefficient (Wildman–Crippen LogP) is 5.42. The van der Waals surface area contributed by atoms with Crippen molar-refractivity contribution >= 4 is 41.0 Å². The Hall–Kier alpha value is -0.370. The quantitative estimate of drug-likeness (QED) is 0.553. The molecule has 1 aromatic heterocycles. The van der Waals surface area contributed by atoms with E-state index in [1.54, 1.807) is 0 Å². The van der Waals surface area contributed by atoms with E-state index >= 15 is 0 Å². The lowest BCUT2D eigenvalue weighted by Crippen LogP contribution is -2.54. The Bertz CT molecular complexity index is 708. The van der Waals surface area contributed by atoms with Crippen molar-refractivity contribution in [3.63, 3.8) is 0 Å². The molecule has 0 aliphatic carbocycles. The number of piperidine rings is 1.